The van der Waals surface area contributed by atoms with Gasteiger partial charge in [-0.1, -0.05) is 12.1 Å². The van der Waals surface area contributed by atoms with E-state index in [-0.39, 0.29) is 29.2 Å². The largest absolute Gasteiger partial charge is 0.493 e. The highest BCUT2D eigenvalue weighted by atomic mass is 79.9. The molecule has 0 amide bonds. The van der Waals surface area contributed by atoms with Gasteiger partial charge in [-0.2, -0.15) is 22.0 Å². The van der Waals surface area contributed by atoms with Gasteiger partial charge in [0.05, 0.1) is 28.8 Å². The molecular formula is C22H16BrClF5N3O4. The molecule has 36 heavy (non-hydrogen) atoms. The second-order valence-corrected chi connectivity index (χ2v) is 8.95. The van der Waals surface area contributed by atoms with Gasteiger partial charge >= 0.3 is 17.5 Å². The number of ether oxygens (including phenoxy) is 2. The zero-order valence-electron chi connectivity index (χ0n) is 18.2. The van der Waals surface area contributed by atoms with E-state index in [1.807, 2.05) is 0 Å². The van der Waals surface area contributed by atoms with Crippen molar-refractivity contribution in [2.45, 2.75) is 37.1 Å². The molecule has 0 radical (unpaired) electrons. The fourth-order valence-electron chi connectivity index (χ4n) is 3.90. The molecule has 1 N–H and O–H groups in total. The van der Waals surface area contributed by atoms with Crippen LogP contribution in [0.15, 0.2) is 40.9 Å². The first kappa shape index (κ1) is 26.3. The van der Waals surface area contributed by atoms with Crippen LogP contribution in [-0.2, 0) is 21.1 Å². The Morgan fingerprint density at radius 1 is 1.19 bits per heavy atom. The lowest BCUT2D eigenvalue weighted by atomic mass is 9.97. The van der Waals surface area contributed by atoms with E-state index in [9.17, 15) is 31.9 Å². The summed E-state index contributed by atoms with van der Waals surface area (Å²) in [4.78, 5) is 11.6. The molecule has 0 saturated heterocycles. The first-order valence-corrected chi connectivity index (χ1v) is 11.5. The number of alkyl halides is 6. The maximum Gasteiger partial charge on any atom is 0.416 e. The van der Waals surface area contributed by atoms with Crippen LogP contribution >= 0.6 is 27.5 Å². The van der Waals surface area contributed by atoms with E-state index in [0.29, 0.717) is 16.3 Å². The molecule has 0 bridgehead atoms. The number of carboxylic acid groups (broad SMARTS) is 1. The second-order valence-electron chi connectivity index (χ2n) is 7.68. The fourth-order valence-corrected chi connectivity index (χ4v) is 4.61. The summed E-state index contributed by atoms with van der Waals surface area (Å²) in [6, 6.07) is 7.13. The lowest BCUT2D eigenvalue weighted by Crippen LogP contribution is -2.17. The number of carboxylic acids is 1. The van der Waals surface area contributed by atoms with Crippen molar-refractivity contribution in [2.24, 2.45) is 0 Å². The summed E-state index contributed by atoms with van der Waals surface area (Å²) in [5.74, 6) is -2.47. The van der Waals surface area contributed by atoms with Crippen LogP contribution in [0.25, 0.3) is 5.69 Å². The van der Waals surface area contributed by atoms with Crippen molar-refractivity contribution in [1.29, 1.82) is 0 Å². The minimum atomic E-state index is -4.77. The smallest absolute Gasteiger partial charge is 0.416 e. The molecule has 2 atom stereocenters. The summed E-state index contributed by atoms with van der Waals surface area (Å²) < 4.78 is 82.2. The number of hydrogen-bond donors (Lipinski definition) is 1. The topological polar surface area (TPSA) is 86.5 Å². The van der Waals surface area contributed by atoms with Crippen molar-refractivity contribution < 1.29 is 41.3 Å². The van der Waals surface area contributed by atoms with E-state index in [1.165, 1.54) is 6.07 Å². The lowest BCUT2D eigenvalue weighted by Gasteiger charge is -2.24. The third-order valence-electron chi connectivity index (χ3n) is 5.34. The number of halogens is 7. The Bertz CT molecular complexity index is 1310. The summed E-state index contributed by atoms with van der Waals surface area (Å²) in [5, 5.41) is 12.5. The SMILES string of the molecule is CCOc1cccc([C@H]2O[C@H](CC(=O)O)c3nnc(C(F)(F)Cl)n3-c3ccc(C(F)(F)F)cc32)c1Br. The predicted octanol–water partition coefficient (Wildman–Crippen LogP) is 6.37. The van der Waals surface area contributed by atoms with Gasteiger partial charge in [0, 0.05) is 11.1 Å². The minimum Gasteiger partial charge on any atom is -0.493 e. The van der Waals surface area contributed by atoms with Gasteiger partial charge in [-0.15, -0.1) is 10.2 Å². The number of aromatic nitrogens is 3. The molecule has 0 fully saturated rings. The maximum absolute atomic E-state index is 14.3. The van der Waals surface area contributed by atoms with Gasteiger partial charge in [0.2, 0.25) is 5.82 Å². The summed E-state index contributed by atoms with van der Waals surface area (Å²) >= 11 is 8.61. The van der Waals surface area contributed by atoms with E-state index < -0.39 is 47.5 Å². The Kier molecular flexibility index (Phi) is 7.01. The van der Waals surface area contributed by atoms with Crippen LogP contribution in [0.2, 0.25) is 0 Å². The van der Waals surface area contributed by atoms with Gasteiger partial charge in [0.15, 0.2) is 5.82 Å². The molecule has 0 aliphatic carbocycles. The number of rotatable bonds is 6. The van der Waals surface area contributed by atoms with Crippen molar-refractivity contribution in [3.8, 4) is 11.4 Å². The number of benzene rings is 2. The van der Waals surface area contributed by atoms with Crippen LogP contribution in [-0.4, -0.2) is 32.4 Å². The van der Waals surface area contributed by atoms with E-state index in [4.69, 9.17) is 21.1 Å². The molecule has 0 unspecified atom stereocenters. The van der Waals surface area contributed by atoms with Crippen LogP contribution in [0.4, 0.5) is 22.0 Å². The van der Waals surface area contributed by atoms with Crippen molar-refractivity contribution in [3.63, 3.8) is 0 Å². The van der Waals surface area contributed by atoms with Crippen LogP contribution in [0.3, 0.4) is 0 Å². The molecule has 1 aliphatic rings. The monoisotopic (exact) mass is 595 g/mol. The third kappa shape index (κ3) is 4.91. The van der Waals surface area contributed by atoms with Crippen LogP contribution in [0, 0.1) is 0 Å². The van der Waals surface area contributed by atoms with Gasteiger partial charge in [0.1, 0.15) is 18.0 Å². The zero-order chi connectivity index (χ0) is 26.4. The Morgan fingerprint density at radius 2 is 1.92 bits per heavy atom. The summed E-state index contributed by atoms with van der Waals surface area (Å²) in [5.41, 5.74) is -1.16. The zero-order valence-corrected chi connectivity index (χ0v) is 20.5. The average Bonchev–Trinajstić information content (AvgIpc) is 3.18. The Balaban J connectivity index is 2.05. The fraction of sp³-hybridized carbons (Fsp3) is 0.318. The predicted molar refractivity (Wildman–Crippen MR) is 119 cm³/mol. The van der Waals surface area contributed by atoms with Crippen LogP contribution in [0.1, 0.15) is 53.9 Å². The molecule has 1 aliphatic heterocycles. The summed E-state index contributed by atoms with van der Waals surface area (Å²) in [6.07, 6.45) is -8.34. The summed E-state index contributed by atoms with van der Waals surface area (Å²) in [6.45, 7) is 2.01. The highest BCUT2D eigenvalue weighted by molar-refractivity contribution is 9.10. The normalized spacial score (nSPS) is 17.8. The van der Waals surface area contributed by atoms with Gasteiger partial charge in [0.25, 0.3) is 0 Å². The van der Waals surface area contributed by atoms with E-state index in [0.717, 1.165) is 16.7 Å². The number of fused-ring (bicyclic) bond motifs is 3. The van der Waals surface area contributed by atoms with Crippen molar-refractivity contribution in [1.82, 2.24) is 14.8 Å². The van der Waals surface area contributed by atoms with Crippen molar-refractivity contribution >= 4 is 33.5 Å². The van der Waals surface area contributed by atoms with E-state index in [2.05, 4.69) is 26.1 Å². The maximum atomic E-state index is 14.3. The Hall–Kier alpha value is -2.77. The number of nitrogens with zero attached hydrogens (tertiary/aromatic N) is 3. The number of hydrogen-bond acceptors (Lipinski definition) is 5. The average molecular weight is 597 g/mol. The molecule has 192 valence electrons. The molecule has 3 aromatic rings. The second kappa shape index (κ2) is 9.60. The molecule has 14 heteroatoms. The molecule has 0 spiro atoms. The van der Waals surface area contributed by atoms with Crippen LogP contribution < -0.4 is 4.74 Å². The highest BCUT2D eigenvalue weighted by Crippen LogP contribution is 2.47. The molecule has 4 rings (SSSR count). The van der Waals surface area contributed by atoms with Crippen molar-refractivity contribution in [2.75, 3.05) is 6.61 Å². The van der Waals surface area contributed by atoms with Gasteiger partial charge in [-0.3, -0.25) is 9.36 Å². The first-order valence-electron chi connectivity index (χ1n) is 10.3. The van der Waals surface area contributed by atoms with E-state index in [1.54, 1.807) is 19.1 Å². The molecule has 0 saturated carbocycles. The van der Waals surface area contributed by atoms with Gasteiger partial charge < -0.3 is 14.6 Å². The molecule has 2 heterocycles. The standard InChI is InChI=1S/C22H16BrClF5N3O4/c1-2-35-14-5-3-4-11(17(14)23)18-12-8-10(22(27,28)29)6-7-13(12)32-19(15(36-18)9-16(33)34)30-31-20(32)21(24,25)26/h3-8,15,18H,2,9H2,1H3,(H,33,34)/t15-,18-/m1/s1. The molecular weight excluding hydrogens is 581 g/mol. The first-order chi connectivity index (χ1) is 16.8. The highest BCUT2D eigenvalue weighted by Gasteiger charge is 2.43. The van der Waals surface area contributed by atoms with E-state index >= 15 is 0 Å². The van der Waals surface area contributed by atoms with Gasteiger partial charge in [-0.05, 0) is 58.7 Å². The third-order valence-corrected chi connectivity index (χ3v) is 6.36. The Morgan fingerprint density at radius 3 is 2.53 bits per heavy atom. The minimum absolute atomic E-state index is 0.176. The van der Waals surface area contributed by atoms with Gasteiger partial charge in [-0.25, -0.2) is 0 Å². The molecule has 7 nitrogen and oxygen atoms in total. The van der Waals surface area contributed by atoms with Crippen molar-refractivity contribution in [3.05, 3.63) is 69.2 Å². The quantitative estimate of drug-likeness (QED) is 0.263. The van der Waals surface area contributed by atoms with Crippen LogP contribution in [0.5, 0.6) is 5.75 Å². The Labute approximate surface area is 213 Å². The summed E-state index contributed by atoms with van der Waals surface area (Å²) in [7, 11) is 0. The number of carbonyl (C=O) groups is 1. The molecule has 1 aromatic heterocycles. The number of aliphatic carboxylic acids is 1. The lowest BCUT2D eigenvalue weighted by molar-refractivity contribution is -0.141. The molecule has 2 aromatic carbocycles.